The van der Waals surface area contributed by atoms with Gasteiger partial charge in [-0.15, -0.1) is 0 Å². The number of carbonyl (C=O) groups is 5. The van der Waals surface area contributed by atoms with E-state index in [0.29, 0.717) is 19.4 Å². The second-order valence-corrected chi connectivity index (χ2v) is 6.86. The van der Waals surface area contributed by atoms with Crippen LogP contribution in [0, 0.1) is 0 Å². The van der Waals surface area contributed by atoms with Gasteiger partial charge in [-0.25, -0.2) is 4.79 Å². The van der Waals surface area contributed by atoms with Crippen LogP contribution in [-0.2, 0) is 24.0 Å². The highest BCUT2D eigenvalue weighted by Gasteiger charge is 2.32. The number of nitrogens with one attached hydrogen (secondary N) is 3. The predicted octanol–water partition coefficient (Wildman–Crippen LogP) is -3.14. The third kappa shape index (κ3) is 10.1. The molecule has 0 rings (SSSR count). The molecule has 0 aromatic heterocycles. The maximum absolute atomic E-state index is 12.4. The zero-order valence-corrected chi connectivity index (χ0v) is 17.0. The molecule has 5 unspecified atom stereocenters. The molecule has 3 amide bonds. The fourth-order valence-corrected chi connectivity index (χ4v) is 2.36. The summed E-state index contributed by atoms with van der Waals surface area (Å²) in [5, 5.41) is 34.5. The largest absolute Gasteiger partial charge is 0.481 e. The molecule has 0 fully saturated rings. The minimum atomic E-state index is -1.64. The summed E-state index contributed by atoms with van der Waals surface area (Å²) in [4.78, 5) is 59.0. The number of carboxylic acid groups (broad SMARTS) is 2. The van der Waals surface area contributed by atoms with Gasteiger partial charge >= 0.3 is 11.9 Å². The first-order valence-corrected chi connectivity index (χ1v) is 9.40. The van der Waals surface area contributed by atoms with Crippen molar-refractivity contribution in [2.75, 3.05) is 6.54 Å². The van der Waals surface area contributed by atoms with Crippen molar-refractivity contribution in [3.8, 4) is 0 Å². The minimum absolute atomic E-state index is 0.0623. The molecule has 0 saturated heterocycles. The highest BCUT2D eigenvalue weighted by molar-refractivity contribution is 5.95. The van der Waals surface area contributed by atoms with Crippen molar-refractivity contribution in [1.82, 2.24) is 16.0 Å². The number of hydrogen-bond acceptors (Lipinski definition) is 8. The van der Waals surface area contributed by atoms with Gasteiger partial charge in [-0.2, -0.15) is 0 Å². The molecule has 0 aromatic rings. The molecule has 172 valence electrons. The third-order valence-electron chi connectivity index (χ3n) is 4.05. The molecule has 10 N–H and O–H groups in total. The molecule has 0 aliphatic carbocycles. The first-order valence-electron chi connectivity index (χ1n) is 9.40. The Kier molecular flexibility index (Phi) is 12.2. The number of rotatable bonds is 14. The van der Waals surface area contributed by atoms with E-state index in [0.717, 1.165) is 0 Å². The van der Waals surface area contributed by atoms with Crippen LogP contribution < -0.4 is 27.4 Å². The van der Waals surface area contributed by atoms with Crippen LogP contribution in [0.1, 0.15) is 39.5 Å². The Hall–Kier alpha value is -2.77. The van der Waals surface area contributed by atoms with E-state index in [-0.39, 0.29) is 6.42 Å². The number of unbranched alkanes of at least 4 members (excludes halogenated alkanes) is 1. The Bertz CT molecular complexity index is 625. The molecular formula is C17H31N5O8. The summed E-state index contributed by atoms with van der Waals surface area (Å²) in [7, 11) is 0. The van der Waals surface area contributed by atoms with Crippen molar-refractivity contribution in [3.63, 3.8) is 0 Å². The summed E-state index contributed by atoms with van der Waals surface area (Å²) in [5.41, 5.74) is 10.8. The van der Waals surface area contributed by atoms with Gasteiger partial charge in [0.1, 0.15) is 18.1 Å². The number of hydrogen-bond donors (Lipinski definition) is 8. The van der Waals surface area contributed by atoms with Gasteiger partial charge in [-0.05, 0) is 39.7 Å². The van der Waals surface area contributed by atoms with E-state index in [9.17, 15) is 34.2 Å². The Labute approximate surface area is 173 Å². The molecule has 0 spiro atoms. The fourth-order valence-electron chi connectivity index (χ4n) is 2.36. The summed E-state index contributed by atoms with van der Waals surface area (Å²) in [5.74, 6) is -5.57. The summed E-state index contributed by atoms with van der Waals surface area (Å²) < 4.78 is 0. The number of aliphatic carboxylic acids is 2. The van der Waals surface area contributed by atoms with E-state index < -0.39 is 66.4 Å². The van der Waals surface area contributed by atoms with Crippen molar-refractivity contribution in [2.24, 2.45) is 11.5 Å². The smallest absolute Gasteiger partial charge is 0.326 e. The van der Waals surface area contributed by atoms with Gasteiger partial charge in [0.25, 0.3) is 0 Å². The summed E-state index contributed by atoms with van der Waals surface area (Å²) in [6.07, 6.45) is -1.22. The Morgan fingerprint density at radius 1 is 0.867 bits per heavy atom. The summed E-state index contributed by atoms with van der Waals surface area (Å²) in [6.45, 7) is 2.89. The molecule has 0 saturated carbocycles. The molecular weight excluding hydrogens is 402 g/mol. The van der Waals surface area contributed by atoms with Gasteiger partial charge in [0.2, 0.25) is 17.7 Å². The second kappa shape index (κ2) is 13.5. The lowest BCUT2D eigenvalue weighted by atomic mass is 10.1. The Morgan fingerprint density at radius 3 is 1.87 bits per heavy atom. The van der Waals surface area contributed by atoms with Crippen molar-refractivity contribution < 1.29 is 39.3 Å². The topological polar surface area (TPSA) is 234 Å². The molecule has 13 heteroatoms. The van der Waals surface area contributed by atoms with E-state index in [4.69, 9.17) is 16.6 Å². The van der Waals surface area contributed by atoms with Gasteiger partial charge in [0, 0.05) is 0 Å². The highest BCUT2D eigenvalue weighted by Crippen LogP contribution is 2.04. The zero-order valence-electron chi connectivity index (χ0n) is 17.0. The van der Waals surface area contributed by atoms with Gasteiger partial charge in [0.15, 0.2) is 0 Å². The lowest BCUT2D eigenvalue weighted by Gasteiger charge is -2.25. The molecule has 0 bridgehead atoms. The SMILES string of the molecule is CC(N)C(=O)NC(C(=O)NC(CC(=O)O)C(=O)NC(CCCCN)C(=O)O)C(C)O. The van der Waals surface area contributed by atoms with Crippen LogP contribution in [0.3, 0.4) is 0 Å². The van der Waals surface area contributed by atoms with E-state index in [1.807, 2.05) is 0 Å². The van der Waals surface area contributed by atoms with E-state index in [1.165, 1.54) is 13.8 Å². The number of aliphatic hydroxyl groups excluding tert-OH is 1. The van der Waals surface area contributed by atoms with Crippen LogP contribution in [0.5, 0.6) is 0 Å². The van der Waals surface area contributed by atoms with Crippen LogP contribution in [0.25, 0.3) is 0 Å². The maximum Gasteiger partial charge on any atom is 0.326 e. The van der Waals surface area contributed by atoms with E-state index in [1.54, 1.807) is 0 Å². The Morgan fingerprint density at radius 2 is 1.43 bits per heavy atom. The maximum atomic E-state index is 12.4. The number of amides is 3. The van der Waals surface area contributed by atoms with Gasteiger partial charge in [0.05, 0.1) is 18.6 Å². The molecule has 5 atom stereocenters. The number of carbonyl (C=O) groups excluding carboxylic acids is 3. The van der Waals surface area contributed by atoms with Crippen molar-refractivity contribution in [2.45, 2.75) is 69.8 Å². The summed E-state index contributed by atoms with van der Waals surface area (Å²) in [6, 6.07) is -5.43. The van der Waals surface area contributed by atoms with Crippen LogP contribution in [0.15, 0.2) is 0 Å². The second-order valence-electron chi connectivity index (χ2n) is 6.86. The fraction of sp³-hybridized carbons (Fsp3) is 0.706. The molecule has 30 heavy (non-hydrogen) atoms. The van der Waals surface area contributed by atoms with Gasteiger partial charge in [-0.3, -0.25) is 19.2 Å². The monoisotopic (exact) mass is 433 g/mol. The molecule has 0 aliphatic heterocycles. The van der Waals surface area contributed by atoms with E-state index >= 15 is 0 Å². The van der Waals surface area contributed by atoms with Crippen LogP contribution >= 0.6 is 0 Å². The van der Waals surface area contributed by atoms with Gasteiger partial charge in [-0.1, -0.05) is 0 Å². The quantitative estimate of drug-likeness (QED) is 0.128. The molecule has 0 aliphatic rings. The average Bonchev–Trinajstić information content (AvgIpc) is 2.63. The normalized spacial score (nSPS) is 15.8. The van der Waals surface area contributed by atoms with Crippen molar-refractivity contribution in [3.05, 3.63) is 0 Å². The third-order valence-corrected chi connectivity index (χ3v) is 4.05. The number of carboxylic acids is 2. The lowest BCUT2D eigenvalue weighted by molar-refractivity contribution is -0.144. The molecule has 0 heterocycles. The first kappa shape index (κ1) is 27.2. The average molecular weight is 433 g/mol. The van der Waals surface area contributed by atoms with Crippen LogP contribution in [-0.4, -0.2) is 81.8 Å². The Balaban J connectivity index is 5.33. The summed E-state index contributed by atoms with van der Waals surface area (Å²) >= 11 is 0. The molecule has 0 aromatic carbocycles. The van der Waals surface area contributed by atoms with Crippen LogP contribution in [0.4, 0.5) is 0 Å². The zero-order chi connectivity index (χ0) is 23.4. The first-order chi connectivity index (χ1) is 13.9. The minimum Gasteiger partial charge on any atom is -0.481 e. The standard InChI is InChI=1S/C17H31N5O8/c1-8(19)14(26)22-13(9(2)23)16(28)21-11(7-12(24)25)15(27)20-10(17(29)30)5-3-4-6-18/h8-11,13,23H,3-7,18-19H2,1-2H3,(H,20,27)(H,21,28)(H,22,26)(H,24,25)(H,29,30). The van der Waals surface area contributed by atoms with Gasteiger partial charge < -0.3 is 42.7 Å². The van der Waals surface area contributed by atoms with Crippen LogP contribution in [0.2, 0.25) is 0 Å². The molecule has 13 nitrogen and oxygen atoms in total. The lowest BCUT2D eigenvalue weighted by Crippen LogP contribution is -2.59. The van der Waals surface area contributed by atoms with Crippen molar-refractivity contribution >= 4 is 29.7 Å². The number of nitrogens with two attached hydrogens (primary N) is 2. The number of aliphatic hydroxyl groups is 1. The highest BCUT2D eigenvalue weighted by atomic mass is 16.4. The predicted molar refractivity (Wildman–Crippen MR) is 104 cm³/mol. The van der Waals surface area contributed by atoms with Crippen molar-refractivity contribution in [1.29, 1.82) is 0 Å². The molecule has 0 radical (unpaired) electrons. The van der Waals surface area contributed by atoms with E-state index in [2.05, 4.69) is 16.0 Å².